The van der Waals surface area contributed by atoms with Gasteiger partial charge in [0.15, 0.2) is 0 Å². The second-order valence-electron chi connectivity index (χ2n) is 5.22. The van der Waals surface area contributed by atoms with Gasteiger partial charge in [-0.15, -0.1) is 11.6 Å². The number of alkyl halides is 1. The van der Waals surface area contributed by atoms with Gasteiger partial charge in [0.2, 0.25) is 10.0 Å². The van der Waals surface area contributed by atoms with Gasteiger partial charge in [0.25, 0.3) is 0 Å². The van der Waals surface area contributed by atoms with Gasteiger partial charge in [0.1, 0.15) is 0 Å². The van der Waals surface area contributed by atoms with Crippen molar-refractivity contribution >= 4 is 32.5 Å². The number of pyridine rings is 1. The molecule has 0 saturated heterocycles. The minimum absolute atomic E-state index is 0.0840. The number of hydrogen-bond donors (Lipinski definition) is 0. The van der Waals surface area contributed by atoms with Crippen LogP contribution in [-0.2, 0) is 10.0 Å². The number of sulfonamides is 1. The fourth-order valence-electron chi connectivity index (χ4n) is 2.68. The highest BCUT2D eigenvalue weighted by molar-refractivity contribution is 7.89. The van der Waals surface area contributed by atoms with Gasteiger partial charge in [0.05, 0.1) is 10.4 Å². The van der Waals surface area contributed by atoms with Gasteiger partial charge in [-0.25, -0.2) is 8.42 Å². The summed E-state index contributed by atoms with van der Waals surface area (Å²) in [5.41, 5.74) is 0.693. The van der Waals surface area contributed by atoms with Crippen LogP contribution in [0.3, 0.4) is 0 Å². The van der Waals surface area contributed by atoms with Gasteiger partial charge in [0, 0.05) is 30.0 Å². The van der Waals surface area contributed by atoms with Crippen LogP contribution in [-0.4, -0.2) is 36.2 Å². The second-order valence-corrected chi connectivity index (χ2v) is 7.45. The number of aromatic nitrogens is 1. The van der Waals surface area contributed by atoms with Crippen LogP contribution in [0.5, 0.6) is 0 Å². The predicted molar refractivity (Wildman–Crippen MR) is 84.0 cm³/mol. The van der Waals surface area contributed by atoms with Gasteiger partial charge < -0.3 is 0 Å². The second kappa shape index (κ2) is 5.91. The molecule has 6 heteroatoms. The lowest BCUT2D eigenvalue weighted by molar-refractivity contribution is 0.227. The monoisotopic (exact) mass is 324 g/mol. The largest absolute Gasteiger partial charge is 0.256 e. The molecule has 1 aromatic heterocycles. The molecule has 0 atom stereocenters. The molecule has 0 aliphatic heterocycles. The van der Waals surface area contributed by atoms with Crippen LogP contribution in [0.15, 0.2) is 41.4 Å². The summed E-state index contributed by atoms with van der Waals surface area (Å²) in [4.78, 5) is 4.55. The summed E-state index contributed by atoms with van der Waals surface area (Å²) in [6, 6.07) is 8.86. The van der Waals surface area contributed by atoms with E-state index in [1.54, 1.807) is 34.8 Å². The van der Waals surface area contributed by atoms with Crippen LogP contribution in [0.1, 0.15) is 19.3 Å². The van der Waals surface area contributed by atoms with E-state index in [0.717, 1.165) is 19.3 Å². The first-order valence-electron chi connectivity index (χ1n) is 7.06. The summed E-state index contributed by atoms with van der Waals surface area (Å²) in [7, 11) is -3.54. The van der Waals surface area contributed by atoms with E-state index in [4.69, 9.17) is 11.6 Å². The molecule has 1 saturated carbocycles. The average molecular weight is 325 g/mol. The molecule has 0 bridgehead atoms. The van der Waals surface area contributed by atoms with Crippen molar-refractivity contribution < 1.29 is 8.42 Å². The number of fused-ring (bicyclic) bond motifs is 1. The molecule has 112 valence electrons. The molecule has 0 spiro atoms. The zero-order valence-corrected chi connectivity index (χ0v) is 13.1. The normalized spacial score (nSPS) is 16.3. The Balaban J connectivity index is 2.10. The van der Waals surface area contributed by atoms with Crippen LogP contribution in [0.2, 0.25) is 0 Å². The van der Waals surface area contributed by atoms with Crippen LogP contribution >= 0.6 is 11.6 Å². The van der Waals surface area contributed by atoms with Crippen molar-refractivity contribution in [3.8, 4) is 0 Å². The van der Waals surface area contributed by atoms with E-state index in [9.17, 15) is 8.42 Å². The molecule has 3 rings (SSSR count). The van der Waals surface area contributed by atoms with E-state index in [0.29, 0.717) is 28.2 Å². The Labute approximate surface area is 129 Å². The molecule has 1 aromatic carbocycles. The predicted octanol–water partition coefficient (Wildman–Crippen LogP) is 3.02. The molecular formula is C15H17ClN2O2S. The Kier molecular flexibility index (Phi) is 4.15. The highest BCUT2D eigenvalue weighted by atomic mass is 35.5. The third-order valence-electron chi connectivity index (χ3n) is 3.98. The highest BCUT2D eigenvalue weighted by Crippen LogP contribution is 2.32. The van der Waals surface area contributed by atoms with Crippen LogP contribution in [0.25, 0.3) is 10.9 Å². The van der Waals surface area contributed by atoms with E-state index in [-0.39, 0.29) is 6.04 Å². The Morgan fingerprint density at radius 1 is 1.24 bits per heavy atom. The van der Waals surface area contributed by atoms with Gasteiger partial charge in [-0.05, 0) is 37.1 Å². The van der Waals surface area contributed by atoms with E-state index >= 15 is 0 Å². The Bertz CT molecular complexity index is 739. The Morgan fingerprint density at radius 2 is 2.05 bits per heavy atom. The Morgan fingerprint density at radius 3 is 2.71 bits per heavy atom. The van der Waals surface area contributed by atoms with Gasteiger partial charge >= 0.3 is 0 Å². The fourth-order valence-corrected chi connectivity index (χ4v) is 4.85. The topological polar surface area (TPSA) is 50.3 Å². The third-order valence-corrected chi connectivity index (χ3v) is 6.16. The molecule has 1 fully saturated rings. The highest BCUT2D eigenvalue weighted by Gasteiger charge is 2.35. The van der Waals surface area contributed by atoms with Gasteiger partial charge in [-0.3, -0.25) is 4.98 Å². The maximum atomic E-state index is 13.0. The summed E-state index contributed by atoms with van der Waals surface area (Å²) >= 11 is 5.81. The molecule has 0 N–H and O–H groups in total. The zero-order valence-electron chi connectivity index (χ0n) is 11.6. The minimum atomic E-state index is -3.54. The summed E-state index contributed by atoms with van der Waals surface area (Å²) in [6.45, 7) is 0.352. The zero-order chi connectivity index (χ0) is 14.9. The number of benzene rings is 1. The molecule has 2 aromatic rings. The van der Waals surface area contributed by atoms with E-state index in [1.165, 1.54) is 0 Å². The van der Waals surface area contributed by atoms with Crippen molar-refractivity contribution in [1.82, 2.24) is 9.29 Å². The average Bonchev–Trinajstić information content (AvgIpc) is 2.44. The molecule has 21 heavy (non-hydrogen) atoms. The molecule has 0 radical (unpaired) electrons. The summed E-state index contributed by atoms with van der Waals surface area (Å²) in [5.74, 6) is 0.304. The lowest BCUT2D eigenvalue weighted by atomic mass is 9.93. The van der Waals surface area contributed by atoms with Gasteiger partial charge in [-0.2, -0.15) is 4.31 Å². The number of rotatable bonds is 5. The minimum Gasteiger partial charge on any atom is -0.256 e. The van der Waals surface area contributed by atoms with E-state index in [2.05, 4.69) is 4.98 Å². The lowest BCUT2D eigenvalue weighted by Gasteiger charge is -2.36. The lowest BCUT2D eigenvalue weighted by Crippen LogP contribution is -2.45. The maximum Gasteiger partial charge on any atom is 0.244 e. The van der Waals surface area contributed by atoms with E-state index < -0.39 is 10.0 Å². The summed E-state index contributed by atoms with van der Waals surface area (Å²) < 4.78 is 27.6. The van der Waals surface area contributed by atoms with Crippen molar-refractivity contribution in [2.45, 2.75) is 30.2 Å². The Hall–Kier alpha value is -1.17. The fraction of sp³-hybridized carbons (Fsp3) is 0.400. The van der Waals surface area contributed by atoms with Gasteiger partial charge in [-0.1, -0.05) is 12.5 Å². The molecule has 0 amide bonds. The molecule has 0 unspecified atom stereocenters. The molecule has 1 heterocycles. The van der Waals surface area contributed by atoms with Crippen LogP contribution in [0, 0.1) is 0 Å². The van der Waals surface area contributed by atoms with Crippen molar-refractivity contribution in [3.05, 3.63) is 36.5 Å². The number of nitrogens with zero attached hydrogens (tertiary/aromatic N) is 2. The maximum absolute atomic E-state index is 13.0. The summed E-state index contributed by atoms with van der Waals surface area (Å²) in [5, 5.41) is 0.666. The SMILES string of the molecule is O=S(=O)(c1cccc2ncccc12)N(CCCl)C1CCC1. The number of halogens is 1. The van der Waals surface area contributed by atoms with E-state index in [1.807, 2.05) is 6.07 Å². The molecular weight excluding hydrogens is 308 g/mol. The van der Waals surface area contributed by atoms with Crippen molar-refractivity contribution in [3.63, 3.8) is 0 Å². The molecule has 4 nitrogen and oxygen atoms in total. The van der Waals surface area contributed by atoms with Crippen molar-refractivity contribution in [1.29, 1.82) is 0 Å². The standard InChI is InChI=1S/C15H17ClN2O2S/c16-9-11-18(12-4-1-5-12)21(19,20)15-8-2-7-14-13(15)6-3-10-17-14/h2-3,6-8,10,12H,1,4-5,9,11H2. The van der Waals surface area contributed by atoms with Crippen molar-refractivity contribution in [2.24, 2.45) is 0 Å². The molecule has 1 aliphatic carbocycles. The number of hydrogen-bond acceptors (Lipinski definition) is 3. The molecule has 1 aliphatic rings. The van der Waals surface area contributed by atoms with Crippen LogP contribution in [0.4, 0.5) is 0 Å². The first-order chi connectivity index (χ1) is 10.1. The quantitative estimate of drug-likeness (QED) is 0.794. The smallest absolute Gasteiger partial charge is 0.244 e. The first kappa shape index (κ1) is 14.8. The third kappa shape index (κ3) is 2.65. The van der Waals surface area contributed by atoms with Crippen LogP contribution < -0.4 is 0 Å². The first-order valence-corrected chi connectivity index (χ1v) is 9.03. The van der Waals surface area contributed by atoms with Crippen molar-refractivity contribution in [2.75, 3.05) is 12.4 Å². The summed E-state index contributed by atoms with van der Waals surface area (Å²) in [6.07, 6.45) is 4.58.